The molecule has 1 aromatic heterocycles. The van der Waals surface area contributed by atoms with Crippen LogP contribution < -0.4 is 15.5 Å². The zero-order valence-corrected chi connectivity index (χ0v) is 14.7. The lowest BCUT2D eigenvalue weighted by Gasteiger charge is -2.33. The summed E-state index contributed by atoms with van der Waals surface area (Å²) in [6.07, 6.45) is 0. The number of urea groups is 1. The maximum Gasteiger partial charge on any atom is 0.318 e. The predicted molar refractivity (Wildman–Crippen MR) is 96.0 cm³/mol. The van der Waals surface area contributed by atoms with E-state index in [1.54, 1.807) is 19.2 Å². The minimum atomic E-state index is -0.278. The van der Waals surface area contributed by atoms with Gasteiger partial charge in [0.15, 0.2) is 5.82 Å². The fraction of sp³-hybridized carbons (Fsp3) is 0.375. The number of hydrogen-bond acceptors (Lipinski definition) is 6. The first-order chi connectivity index (χ1) is 12.1. The third-order valence-electron chi connectivity index (χ3n) is 3.85. The molecular weight excluding hydrogens is 344 g/mol. The van der Waals surface area contributed by atoms with E-state index in [2.05, 4.69) is 37.4 Å². The molecule has 0 spiro atoms. The van der Waals surface area contributed by atoms with Crippen molar-refractivity contribution in [2.24, 2.45) is 0 Å². The van der Waals surface area contributed by atoms with Crippen LogP contribution in [0.1, 0.15) is 6.92 Å². The van der Waals surface area contributed by atoms with Crippen molar-refractivity contribution in [1.82, 2.24) is 20.3 Å². The van der Waals surface area contributed by atoms with Crippen LogP contribution in [0.25, 0.3) is 11.4 Å². The fourth-order valence-corrected chi connectivity index (χ4v) is 2.67. The number of nitrogens with one attached hydrogen (secondary N) is 2. The van der Waals surface area contributed by atoms with Crippen LogP contribution >= 0.6 is 11.6 Å². The monoisotopic (exact) mass is 362 g/mol. The third kappa shape index (κ3) is 4.15. The largest absolute Gasteiger partial charge is 0.377 e. The first kappa shape index (κ1) is 17.4. The van der Waals surface area contributed by atoms with E-state index in [0.29, 0.717) is 37.2 Å². The van der Waals surface area contributed by atoms with Crippen molar-refractivity contribution in [2.75, 3.05) is 37.0 Å². The molecule has 2 N–H and O–H groups in total. The van der Waals surface area contributed by atoms with Gasteiger partial charge in [-0.05, 0) is 42.8 Å². The number of carbonyl (C=O) groups excluding carboxylic acids is 1. The van der Waals surface area contributed by atoms with Crippen LogP contribution in [0.4, 0.5) is 16.4 Å². The van der Waals surface area contributed by atoms with Gasteiger partial charge in [0.2, 0.25) is 11.2 Å². The Morgan fingerprint density at radius 3 is 2.72 bits per heavy atom. The van der Waals surface area contributed by atoms with Crippen LogP contribution in [0, 0.1) is 0 Å². The van der Waals surface area contributed by atoms with Crippen molar-refractivity contribution in [1.29, 1.82) is 0 Å². The van der Waals surface area contributed by atoms with E-state index >= 15 is 0 Å². The summed E-state index contributed by atoms with van der Waals surface area (Å²) in [5.74, 6) is 1.03. The smallest absolute Gasteiger partial charge is 0.318 e. The lowest BCUT2D eigenvalue weighted by atomic mass is 10.2. The van der Waals surface area contributed by atoms with Crippen LogP contribution in [0.3, 0.4) is 0 Å². The second-order valence-electron chi connectivity index (χ2n) is 5.63. The lowest BCUT2D eigenvalue weighted by Crippen LogP contribution is -2.44. The van der Waals surface area contributed by atoms with Crippen molar-refractivity contribution < 1.29 is 9.53 Å². The van der Waals surface area contributed by atoms with E-state index in [4.69, 9.17) is 16.3 Å². The number of anilines is 2. The number of amides is 2. The Bertz CT molecular complexity index is 755. The number of ether oxygens (including phenoxy) is 1. The van der Waals surface area contributed by atoms with Gasteiger partial charge in [0.25, 0.3) is 0 Å². The average molecular weight is 363 g/mol. The van der Waals surface area contributed by atoms with Gasteiger partial charge in [-0.15, -0.1) is 0 Å². The first-order valence-electron chi connectivity index (χ1n) is 7.92. The average Bonchev–Trinajstić information content (AvgIpc) is 2.62. The van der Waals surface area contributed by atoms with Crippen LogP contribution in [-0.4, -0.2) is 53.8 Å². The summed E-state index contributed by atoms with van der Waals surface area (Å²) in [6.45, 7) is 4.01. The Morgan fingerprint density at radius 1 is 1.28 bits per heavy atom. The summed E-state index contributed by atoms with van der Waals surface area (Å²) in [7, 11) is 1.56. The molecule has 1 fully saturated rings. The molecule has 1 aromatic carbocycles. The minimum Gasteiger partial charge on any atom is -0.377 e. The highest BCUT2D eigenvalue weighted by atomic mass is 35.5. The van der Waals surface area contributed by atoms with Gasteiger partial charge < -0.3 is 20.3 Å². The second kappa shape index (κ2) is 7.62. The molecule has 1 aliphatic heterocycles. The number of aromatic nitrogens is 3. The number of halogens is 1. The summed E-state index contributed by atoms with van der Waals surface area (Å²) in [5, 5.41) is 5.34. The number of nitrogens with zero attached hydrogens (tertiary/aromatic N) is 4. The van der Waals surface area contributed by atoms with Gasteiger partial charge in [-0.2, -0.15) is 15.0 Å². The molecular formula is C16H19ClN6O2. The van der Waals surface area contributed by atoms with E-state index in [1.807, 2.05) is 12.1 Å². The number of benzene rings is 1. The molecule has 0 unspecified atom stereocenters. The molecule has 0 aliphatic carbocycles. The van der Waals surface area contributed by atoms with Gasteiger partial charge in [-0.25, -0.2) is 4.79 Å². The van der Waals surface area contributed by atoms with Gasteiger partial charge in [0, 0.05) is 24.8 Å². The van der Waals surface area contributed by atoms with Crippen LogP contribution in [-0.2, 0) is 4.74 Å². The second-order valence-corrected chi connectivity index (χ2v) is 5.96. The Morgan fingerprint density at radius 2 is 2.04 bits per heavy atom. The summed E-state index contributed by atoms with van der Waals surface area (Å²) >= 11 is 6.10. The molecule has 1 saturated heterocycles. The van der Waals surface area contributed by atoms with E-state index in [-0.39, 0.29) is 17.4 Å². The van der Waals surface area contributed by atoms with Crippen molar-refractivity contribution in [3.63, 3.8) is 0 Å². The molecule has 0 saturated carbocycles. The highest BCUT2D eigenvalue weighted by Crippen LogP contribution is 2.23. The van der Waals surface area contributed by atoms with E-state index in [9.17, 15) is 4.79 Å². The number of hydrogen-bond donors (Lipinski definition) is 2. The van der Waals surface area contributed by atoms with Crippen molar-refractivity contribution in [3.05, 3.63) is 29.5 Å². The first-order valence-corrected chi connectivity index (χ1v) is 8.30. The van der Waals surface area contributed by atoms with Crippen LogP contribution in [0.15, 0.2) is 24.3 Å². The van der Waals surface area contributed by atoms with Gasteiger partial charge in [-0.1, -0.05) is 0 Å². The third-order valence-corrected chi connectivity index (χ3v) is 4.02. The fourth-order valence-electron chi connectivity index (χ4n) is 2.52. The normalized spacial score (nSPS) is 17.2. The molecule has 1 atom stereocenters. The maximum absolute atomic E-state index is 11.3. The highest BCUT2D eigenvalue weighted by Gasteiger charge is 2.22. The Balaban J connectivity index is 1.85. The van der Waals surface area contributed by atoms with Crippen molar-refractivity contribution >= 4 is 29.3 Å². The maximum atomic E-state index is 11.3. The molecule has 1 aliphatic rings. The molecule has 3 rings (SSSR count). The summed E-state index contributed by atoms with van der Waals surface area (Å²) in [4.78, 5) is 26.4. The van der Waals surface area contributed by atoms with E-state index < -0.39 is 0 Å². The molecule has 2 amide bonds. The molecule has 9 heteroatoms. The zero-order valence-electron chi connectivity index (χ0n) is 14.0. The number of carbonyl (C=O) groups is 1. The molecule has 8 nitrogen and oxygen atoms in total. The Kier molecular flexibility index (Phi) is 5.30. The van der Waals surface area contributed by atoms with E-state index in [1.165, 1.54) is 0 Å². The van der Waals surface area contributed by atoms with E-state index in [0.717, 1.165) is 5.56 Å². The molecule has 2 heterocycles. The van der Waals surface area contributed by atoms with Gasteiger partial charge in [0.1, 0.15) is 0 Å². The molecule has 132 valence electrons. The number of rotatable bonds is 3. The van der Waals surface area contributed by atoms with Gasteiger partial charge >= 0.3 is 6.03 Å². The molecule has 0 radical (unpaired) electrons. The summed E-state index contributed by atoms with van der Waals surface area (Å²) < 4.78 is 5.45. The molecule has 0 bridgehead atoms. The lowest BCUT2D eigenvalue weighted by molar-refractivity contribution is 0.0981. The minimum absolute atomic E-state index is 0.145. The van der Waals surface area contributed by atoms with Crippen molar-refractivity contribution in [3.8, 4) is 11.4 Å². The standard InChI is InChI=1S/C16H19ClN6O2/c1-10-9-25-8-7-23(10)15-21-13(20-14(17)22-15)11-3-5-12(6-4-11)19-16(24)18-2/h3-6,10H,7-9H2,1-2H3,(H2,18,19,24)/t10-/m0/s1. The Hall–Kier alpha value is -2.45. The zero-order chi connectivity index (χ0) is 17.8. The van der Waals surface area contributed by atoms with Crippen LogP contribution in [0.2, 0.25) is 5.28 Å². The SMILES string of the molecule is CNC(=O)Nc1ccc(-c2nc(Cl)nc(N3CCOC[C@@H]3C)n2)cc1. The van der Waals surface area contributed by atoms with Gasteiger partial charge in [0.05, 0.1) is 19.3 Å². The summed E-state index contributed by atoms with van der Waals surface area (Å²) in [6, 6.07) is 7.09. The number of morpholine rings is 1. The quantitative estimate of drug-likeness (QED) is 0.869. The topological polar surface area (TPSA) is 92.3 Å². The highest BCUT2D eigenvalue weighted by molar-refractivity contribution is 6.28. The summed E-state index contributed by atoms with van der Waals surface area (Å²) in [5.41, 5.74) is 1.46. The molecule has 25 heavy (non-hydrogen) atoms. The van der Waals surface area contributed by atoms with Crippen molar-refractivity contribution in [2.45, 2.75) is 13.0 Å². The van der Waals surface area contributed by atoms with Crippen LogP contribution in [0.5, 0.6) is 0 Å². The predicted octanol–water partition coefficient (Wildman–Crippen LogP) is 2.17. The molecule has 2 aromatic rings. The van der Waals surface area contributed by atoms with Gasteiger partial charge in [-0.3, -0.25) is 0 Å². The Labute approximate surface area is 150 Å².